The Labute approximate surface area is 93.3 Å². The number of nitrogens with zero attached hydrogens (tertiary/aromatic N) is 1. The Morgan fingerprint density at radius 1 is 1.56 bits per heavy atom. The van der Waals surface area contributed by atoms with Crippen molar-refractivity contribution in [3.8, 4) is 0 Å². The molecule has 0 unspecified atom stereocenters. The summed E-state index contributed by atoms with van der Waals surface area (Å²) in [7, 11) is 0. The molecule has 0 bridgehead atoms. The van der Waals surface area contributed by atoms with Crippen LogP contribution in [0.4, 0.5) is 0 Å². The summed E-state index contributed by atoms with van der Waals surface area (Å²) < 4.78 is 6.96. The first-order valence-corrected chi connectivity index (χ1v) is 5.05. The van der Waals surface area contributed by atoms with Gasteiger partial charge in [-0.2, -0.15) is 0 Å². The highest BCUT2D eigenvalue weighted by molar-refractivity contribution is 5.86. The predicted octanol–water partition coefficient (Wildman–Crippen LogP) is 0.972. The fourth-order valence-electron chi connectivity index (χ4n) is 1.22. The molecule has 0 spiro atoms. The smallest absolute Gasteiger partial charge is 0.341 e. The minimum atomic E-state index is -1.20. The molecular weight excluding hydrogens is 210 g/mol. The number of carboxylic acids is 1. The molecule has 16 heavy (non-hydrogen) atoms. The SMILES string of the molecule is CC(C)OCCn1ccc(=O)c(C(=O)O)c1. The second-order valence-electron chi connectivity index (χ2n) is 3.69. The van der Waals surface area contributed by atoms with Gasteiger partial charge in [0.25, 0.3) is 0 Å². The van der Waals surface area contributed by atoms with Crippen LogP contribution in [0.15, 0.2) is 23.3 Å². The quantitative estimate of drug-likeness (QED) is 0.810. The van der Waals surface area contributed by atoms with Crippen LogP contribution in [-0.2, 0) is 11.3 Å². The van der Waals surface area contributed by atoms with Crippen LogP contribution in [0.3, 0.4) is 0 Å². The second kappa shape index (κ2) is 5.46. The fraction of sp³-hybridized carbons (Fsp3) is 0.455. The average Bonchev–Trinajstić information content (AvgIpc) is 2.19. The van der Waals surface area contributed by atoms with Crippen LogP contribution in [0.1, 0.15) is 24.2 Å². The lowest BCUT2D eigenvalue weighted by Crippen LogP contribution is -2.18. The Morgan fingerprint density at radius 2 is 2.25 bits per heavy atom. The summed E-state index contributed by atoms with van der Waals surface area (Å²) in [5, 5.41) is 8.76. The fourth-order valence-corrected chi connectivity index (χ4v) is 1.22. The first-order chi connectivity index (χ1) is 7.50. The van der Waals surface area contributed by atoms with Crippen LogP contribution < -0.4 is 5.43 Å². The zero-order valence-electron chi connectivity index (χ0n) is 9.34. The number of carbonyl (C=O) groups is 1. The maximum absolute atomic E-state index is 11.2. The summed E-state index contributed by atoms with van der Waals surface area (Å²) in [6.45, 7) is 4.86. The summed E-state index contributed by atoms with van der Waals surface area (Å²) in [4.78, 5) is 21.9. The molecule has 0 atom stereocenters. The zero-order valence-corrected chi connectivity index (χ0v) is 9.34. The van der Waals surface area contributed by atoms with Crippen LogP contribution >= 0.6 is 0 Å². The zero-order chi connectivity index (χ0) is 12.1. The molecule has 5 nitrogen and oxygen atoms in total. The molecule has 0 fully saturated rings. The number of aromatic carboxylic acids is 1. The Kier molecular flexibility index (Phi) is 4.25. The third-order valence-corrected chi connectivity index (χ3v) is 2.01. The van der Waals surface area contributed by atoms with E-state index in [0.717, 1.165) is 0 Å². The maximum atomic E-state index is 11.2. The Morgan fingerprint density at radius 3 is 2.81 bits per heavy atom. The lowest BCUT2D eigenvalue weighted by molar-refractivity contribution is 0.0683. The summed E-state index contributed by atoms with van der Waals surface area (Å²) >= 11 is 0. The molecule has 1 N–H and O–H groups in total. The Hall–Kier alpha value is -1.62. The number of ether oxygens (including phenoxy) is 1. The number of hydrogen-bond donors (Lipinski definition) is 1. The highest BCUT2D eigenvalue weighted by Crippen LogP contribution is 1.95. The van der Waals surface area contributed by atoms with E-state index >= 15 is 0 Å². The summed E-state index contributed by atoms with van der Waals surface area (Å²) in [5.74, 6) is -1.20. The van der Waals surface area contributed by atoms with Crippen LogP contribution in [0, 0.1) is 0 Å². The highest BCUT2D eigenvalue weighted by Gasteiger charge is 2.07. The van der Waals surface area contributed by atoms with E-state index < -0.39 is 11.4 Å². The standard InChI is InChI=1S/C11H15NO4/c1-8(2)16-6-5-12-4-3-10(13)9(7-12)11(14)15/h3-4,7-8H,5-6H2,1-2H3,(H,14,15). The molecule has 1 heterocycles. The first kappa shape index (κ1) is 12.4. The maximum Gasteiger partial charge on any atom is 0.341 e. The minimum Gasteiger partial charge on any atom is -0.477 e. The molecule has 0 saturated carbocycles. The third-order valence-electron chi connectivity index (χ3n) is 2.01. The van der Waals surface area contributed by atoms with Crippen molar-refractivity contribution in [2.45, 2.75) is 26.5 Å². The number of carboxylic acid groups (broad SMARTS) is 1. The van der Waals surface area contributed by atoms with Gasteiger partial charge in [0.05, 0.1) is 12.7 Å². The largest absolute Gasteiger partial charge is 0.477 e. The number of aromatic nitrogens is 1. The van der Waals surface area contributed by atoms with Crippen molar-refractivity contribution in [3.05, 3.63) is 34.2 Å². The van der Waals surface area contributed by atoms with Gasteiger partial charge in [0.1, 0.15) is 5.56 Å². The topological polar surface area (TPSA) is 68.5 Å². The van der Waals surface area contributed by atoms with Gasteiger partial charge in [-0.1, -0.05) is 0 Å². The Bertz CT molecular complexity index is 422. The van der Waals surface area contributed by atoms with Crippen LogP contribution in [-0.4, -0.2) is 28.4 Å². The lowest BCUT2D eigenvalue weighted by Gasteiger charge is -2.09. The molecule has 88 valence electrons. The van der Waals surface area contributed by atoms with Gasteiger partial charge in [0, 0.05) is 25.0 Å². The molecule has 1 aromatic rings. The molecule has 0 saturated heterocycles. The van der Waals surface area contributed by atoms with E-state index in [1.54, 1.807) is 10.8 Å². The predicted molar refractivity (Wildman–Crippen MR) is 58.7 cm³/mol. The molecule has 0 aliphatic heterocycles. The summed E-state index contributed by atoms with van der Waals surface area (Å²) in [6.07, 6.45) is 3.02. The van der Waals surface area contributed by atoms with Gasteiger partial charge in [-0.15, -0.1) is 0 Å². The summed E-state index contributed by atoms with van der Waals surface area (Å²) in [5.41, 5.74) is -0.694. The number of hydrogen-bond acceptors (Lipinski definition) is 3. The highest BCUT2D eigenvalue weighted by atomic mass is 16.5. The molecule has 0 aromatic carbocycles. The normalized spacial score (nSPS) is 10.7. The second-order valence-corrected chi connectivity index (χ2v) is 3.69. The van der Waals surface area contributed by atoms with Gasteiger partial charge in [0.15, 0.2) is 5.43 Å². The van der Waals surface area contributed by atoms with Crippen molar-refractivity contribution in [2.24, 2.45) is 0 Å². The van der Waals surface area contributed by atoms with E-state index in [0.29, 0.717) is 13.2 Å². The van der Waals surface area contributed by atoms with Gasteiger partial charge in [0.2, 0.25) is 0 Å². The molecule has 5 heteroatoms. The molecule has 0 aliphatic rings. The van der Waals surface area contributed by atoms with E-state index in [4.69, 9.17) is 9.84 Å². The van der Waals surface area contributed by atoms with Gasteiger partial charge >= 0.3 is 5.97 Å². The summed E-state index contributed by atoms with van der Waals surface area (Å²) in [6, 6.07) is 1.25. The van der Waals surface area contributed by atoms with E-state index in [9.17, 15) is 9.59 Å². The van der Waals surface area contributed by atoms with E-state index in [1.165, 1.54) is 12.3 Å². The van der Waals surface area contributed by atoms with Gasteiger partial charge in [-0.3, -0.25) is 4.79 Å². The van der Waals surface area contributed by atoms with Crippen molar-refractivity contribution in [3.63, 3.8) is 0 Å². The molecule has 0 aliphatic carbocycles. The minimum absolute atomic E-state index is 0.137. The molecule has 0 amide bonds. The van der Waals surface area contributed by atoms with Gasteiger partial charge in [-0.25, -0.2) is 4.79 Å². The van der Waals surface area contributed by atoms with Crippen LogP contribution in [0.2, 0.25) is 0 Å². The van der Waals surface area contributed by atoms with Crippen LogP contribution in [0.25, 0.3) is 0 Å². The first-order valence-electron chi connectivity index (χ1n) is 5.05. The lowest BCUT2D eigenvalue weighted by atomic mass is 10.3. The van der Waals surface area contributed by atoms with E-state index in [2.05, 4.69) is 0 Å². The Balaban J connectivity index is 2.72. The number of pyridine rings is 1. The molecular formula is C11H15NO4. The molecule has 1 rings (SSSR count). The molecule has 1 aromatic heterocycles. The van der Waals surface area contributed by atoms with Crippen molar-refractivity contribution in [2.75, 3.05) is 6.61 Å². The number of rotatable bonds is 5. The van der Waals surface area contributed by atoms with Gasteiger partial charge < -0.3 is 14.4 Å². The van der Waals surface area contributed by atoms with Crippen molar-refractivity contribution in [1.29, 1.82) is 0 Å². The van der Waals surface area contributed by atoms with E-state index in [-0.39, 0.29) is 11.7 Å². The monoisotopic (exact) mass is 225 g/mol. The van der Waals surface area contributed by atoms with Crippen molar-refractivity contribution >= 4 is 5.97 Å². The third kappa shape index (κ3) is 3.51. The molecule has 0 radical (unpaired) electrons. The van der Waals surface area contributed by atoms with Gasteiger partial charge in [-0.05, 0) is 13.8 Å². The van der Waals surface area contributed by atoms with Crippen LogP contribution in [0.5, 0.6) is 0 Å². The van der Waals surface area contributed by atoms with E-state index in [1.807, 2.05) is 13.8 Å². The average molecular weight is 225 g/mol. The van der Waals surface area contributed by atoms with Crippen molar-refractivity contribution < 1.29 is 14.6 Å². The van der Waals surface area contributed by atoms with Crippen molar-refractivity contribution in [1.82, 2.24) is 4.57 Å².